The van der Waals surface area contributed by atoms with Crippen LogP contribution in [0.4, 0.5) is 5.69 Å². The molecule has 0 radical (unpaired) electrons. The number of rotatable bonds is 9. The first-order chi connectivity index (χ1) is 15.1. The van der Waals surface area contributed by atoms with Gasteiger partial charge in [0.15, 0.2) is 17.5 Å². The lowest BCUT2D eigenvalue weighted by Gasteiger charge is -2.33. The molecule has 2 heterocycles. The zero-order valence-electron chi connectivity index (χ0n) is 18.9. The van der Waals surface area contributed by atoms with Crippen LogP contribution < -0.4 is 20.1 Å². The molecule has 1 aliphatic rings. The Labute approximate surface area is 189 Å². The molecule has 2 N–H and O–H groups in total. The van der Waals surface area contributed by atoms with Crippen molar-refractivity contribution in [3.63, 3.8) is 0 Å². The summed E-state index contributed by atoms with van der Waals surface area (Å²) in [5.41, 5.74) is 0.898. The van der Waals surface area contributed by atoms with E-state index in [4.69, 9.17) is 19.2 Å². The van der Waals surface area contributed by atoms with Gasteiger partial charge in [-0.3, -0.25) is 9.89 Å². The topological polar surface area (TPSA) is 67.4 Å². The SMILES string of the molecule is CCNC(=NCC(c1ccc(C)s1)N1CCOCC1)Nc1ccc(OCC)c(OC)c1. The second-order valence-electron chi connectivity index (χ2n) is 7.26. The van der Waals surface area contributed by atoms with Crippen LogP contribution in [0.15, 0.2) is 35.3 Å². The number of morpholine rings is 1. The molecule has 0 aliphatic carbocycles. The summed E-state index contributed by atoms with van der Waals surface area (Å²) >= 11 is 1.85. The summed E-state index contributed by atoms with van der Waals surface area (Å²) in [4.78, 5) is 10.1. The van der Waals surface area contributed by atoms with Crippen LogP contribution in [-0.4, -0.2) is 64.0 Å². The number of aryl methyl sites for hydroxylation is 1. The molecule has 1 unspecified atom stereocenters. The van der Waals surface area contributed by atoms with Crippen molar-refractivity contribution >= 4 is 23.0 Å². The van der Waals surface area contributed by atoms with E-state index in [1.165, 1.54) is 9.75 Å². The first-order valence-corrected chi connectivity index (χ1v) is 11.7. The van der Waals surface area contributed by atoms with E-state index in [0.717, 1.165) is 50.2 Å². The summed E-state index contributed by atoms with van der Waals surface area (Å²) in [5, 5.41) is 6.75. The minimum absolute atomic E-state index is 0.243. The number of nitrogens with one attached hydrogen (secondary N) is 2. The van der Waals surface area contributed by atoms with Crippen molar-refractivity contribution in [3.8, 4) is 11.5 Å². The van der Waals surface area contributed by atoms with Gasteiger partial charge in [0, 0.05) is 41.1 Å². The number of aliphatic imine (C=N–C) groups is 1. The number of hydrogen-bond donors (Lipinski definition) is 2. The lowest BCUT2D eigenvalue weighted by molar-refractivity contribution is 0.0187. The second kappa shape index (κ2) is 11.9. The third-order valence-electron chi connectivity index (χ3n) is 5.07. The minimum atomic E-state index is 0.243. The molecule has 1 aromatic heterocycles. The Hall–Kier alpha value is -2.29. The van der Waals surface area contributed by atoms with Crippen molar-refractivity contribution in [2.24, 2.45) is 4.99 Å². The fourth-order valence-electron chi connectivity index (χ4n) is 3.55. The Bertz CT molecular complexity index is 849. The van der Waals surface area contributed by atoms with Gasteiger partial charge in [0.2, 0.25) is 0 Å². The van der Waals surface area contributed by atoms with E-state index in [0.29, 0.717) is 18.9 Å². The fraction of sp³-hybridized carbons (Fsp3) is 0.522. The highest BCUT2D eigenvalue weighted by atomic mass is 32.1. The molecule has 0 spiro atoms. The average Bonchev–Trinajstić information content (AvgIpc) is 3.21. The first kappa shape index (κ1) is 23.4. The summed E-state index contributed by atoms with van der Waals surface area (Å²) in [6, 6.07) is 10.5. The Morgan fingerprint density at radius 3 is 2.65 bits per heavy atom. The predicted octanol–water partition coefficient (Wildman–Crippen LogP) is 3.91. The number of anilines is 1. The molecule has 1 saturated heterocycles. The van der Waals surface area contributed by atoms with Gasteiger partial charge in [-0.1, -0.05) is 0 Å². The number of methoxy groups -OCH3 is 1. The van der Waals surface area contributed by atoms with Crippen LogP contribution in [0, 0.1) is 6.92 Å². The summed E-state index contributed by atoms with van der Waals surface area (Å²) in [6.07, 6.45) is 0. The highest BCUT2D eigenvalue weighted by molar-refractivity contribution is 7.12. The van der Waals surface area contributed by atoms with Crippen molar-refractivity contribution in [2.45, 2.75) is 26.8 Å². The van der Waals surface area contributed by atoms with Gasteiger partial charge in [0.1, 0.15) is 0 Å². The molecule has 1 aliphatic heterocycles. The molecule has 7 nitrogen and oxygen atoms in total. The molecule has 1 atom stereocenters. The maximum Gasteiger partial charge on any atom is 0.195 e. The molecule has 1 aromatic carbocycles. The molecule has 2 aromatic rings. The van der Waals surface area contributed by atoms with Gasteiger partial charge in [0.25, 0.3) is 0 Å². The number of nitrogens with zero attached hydrogens (tertiary/aromatic N) is 2. The van der Waals surface area contributed by atoms with Crippen LogP contribution in [0.2, 0.25) is 0 Å². The molecule has 1 fully saturated rings. The monoisotopic (exact) mass is 446 g/mol. The van der Waals surface area contributed by atoms with Crippen LogP contribution in [0.3, 0.4) is 0 Å². The Balaban J connectivity index is 1.77. The molecular formula is C23H34N4O3S. The number of benzene rings is 1. The molecule has 0 saturated carbocycles. The quantitative estimate of drug-likeness (QED) is 0.450. The predicted molar refractivity (Wildman–Crippen MR) is 128 cm³/mol. The van der Waals surface area contributed by atoms with Crippen LogP contribution in [0.1, 0.15) is 29.6 Å². The van der Waals surface area contributed by atoms with Gasteiger partial charge in [-0.2, -0.15) is 0 Å². The number of thiophene rings is 1. The van der Waals surface area contributed by atoms with Gasteiger partial charge in [0.05, 0.1) is 39.5 Å². The molecule has 170 valence electrons. The van der Waals surface area contributed by atoms with E-state index in [9.17, 15) is 0 Å². The molecule has 31 heavy (non-hydrogen) atoms. The molecule has 8 heteroatoms. The van der Waals surface area contributed by atoms with Crippen LogP contribution in [0.25, 0.3) is 0 Å². The van der Waals surface area contributed by atoms with Crippen molar-refractivity contribution in [1.29, 1.82) is 0 Å². The second-order valence-corrected chi connectivity index (χ2v) is 8.58. The number of hydrogen-bond acceptors (Lipinski definition) is 6. The minimum Gasteiger partial charge on any atom is -0.493 e. The zero-order valence-corrected chi connectivity index (χ0v) is 19.8. The van der Waals surface area contributed by atoms with E-state index < -0.39 is 0 Å². The zero-order chi connectivity index (χ0) is 22.1. The van der Waals surface area contributed by atoms with Gasteiger partial charge in [-0.15, -0.1) is 11.3 Å². The van der Waals surface area contributed by atoms with E-state index >= 15 is 0 Å². The van der Waals surface area contributed by atoms with Crippen molar-refractivity contribution in [3.05, 3.63) is 40.1 Å². The lowest BCUT2D eigenvalue weighted by Crippen LogP contribution is -2.40. The van der Waals surface area contributed by atoms with E-state index in [2.05, 4.69) is 41.5 Å². The smallest absolute Gasteiger partial charge is 0.195 e. The third kappa shape index (κ3) is 6.59. The summed E-state index contributed by atoms with van der Waals surface area (Å²) in [7, 11) is 1.65. The van der Waals surface area contributed by atoms with E-state index in [1.807, 2.05) is 36.5 Å². The van der Waals surface area contributed by atoms with Crippen LogP contribution in [-0.2, 0) is 4.74 Å². The van der Waals surface area contributed by atoms with E-state index in [-0.39, 0.29) is 6.04 Å². The average molecular weight is 447 g/mol. The summed E-state index contributed by atoms with van der Waals surface area (Å²) < 4.78 is 16.7. The van der Waals surface area contributed by atoms with Crippen molar-refractivity contribution < 1.29 is 14.2 Å². The lowest BCUT2D eigenvalue weighted by atomic mass is 10.2. The Morgan fingerprint density at radius 2 is 2.00 bits per heavy atom. The van der Waals surface area contributed by atoms with Gasteiger partial charge >= 0.3 is 0 Å². The molecule has 3 rings (SSSR count). The molecule has 0 bridgehead atoms. The van der Waals surface area contributed by atoms with Crippen molar-refractivity contribution in [1.82, 2.24) is 10.2 Å². The van der Waals surface area contributed by atoms with Gasteiger partial charge in [-0.25, -0.2) is 0 Å². The van der Waals surface area contributed by atoms with Gasteiger partial charge < -0.3 is 24.8 Å². The maximum absolute atomic E-state index is 5.62. The normalized spacial score (nSPS) is 16.1. The third-order valence-corrected chi connectivity index (χ3v) is 6.17. The largest absolute Gasteiger partial charge is 0.493 e. The standard InChI is InChI=1S/C23H34N4O3S/c1-5-24-23(26-18-8-9-20(30-6-2)21(15-18)28-4)25-16-19(22-10-7-17(3)31-22)27-11-13-29-14-12-27/h7-10,15,19H,5-6,11-14,16H2,1-4H3,(H2,24,25,26). The molecule has 0 amide bonds. The maximum atomic E-state index is 5.62. The highest BCUT2D eigenvalue weighted by Crippen LogP contribution is 2.31. The summed E-state index contributed by atoms with van der Waals surface area (Å²) in [6.45, 7) is 11.6. The Kier molecular flexibility index (Phi) is 8.99. The highest BCUT2D eigenvalue weighted by Gasteiger charge is 2.24. The molecular weight excluding hydrogens is 412 g/mol. The number of ether oxygens (including phenoxy) is 3. The van der Waals surface area contributed by atoms with Crippen LogP contribution >= 0.6 is 11.3 Å². The van der Waals surface area contributed by atoms with Crippen molar-refractivity contribution in [2.75, 3.05) is 58.4 Å². The van der Waals surface area contributed by atoms with Gasteiger partial charge in [-0.05, 0) is 45.0 Å². The van der Waals surface area contributed by atoms with E-state index in [1.54, 1.807) is 7.11 Å². The summed E-state index contributed by atoms with van der Waals surface area (Å²) in [5.74, 6) is 2.18. The van der Waals surface area contributed by atoms with Crippen LogP contribution in [0.5, 0.6) is 11.5 Å². The number of guanidine groups is 1. The first-order valence-electron chi connectivity index (χ1n) is 10.9. The Morgan fingerprint density at radius 1 is 1.19 bits per heavy atom. The fourth-order valence-corrected chi connectivity index (χ4v) is 4.55.